The molecule has 0 radical (unpaired) electrons. The van der Waals surface area contributed by atoms with Gasteiger partial charge in [0.1, 0.15) is 0 Å². The second kappa shape index (κ2) is 4.08. The molecule has 0 N–H and O–H groups in total. The van der Waals surface area contributed by atoms with Crippen molar-refractivity contribution < 1.29 is 22.4 Å². The minimum absolute atomic E-state index is 0.482. The molecule has 1 atom stereocenters. The van der Waals surface area contributed by atoms with E-state index in [2.05, 4.69) is 4.99 Å². The fourth-order valence-electron chi connectivity index (χ4n) is 0.387. The third-order valence-electron chi connectivity index (χ3n) is 0.914. The minimum Gasteiger partial charge on any atom is -0.237 e. The number of hydrogen-bond acceptors (Lipinski definition) is 2. The van der Waals surface area contributed by atoms with Gasteiger partial charge in [-0.2, -0.15) is 13.2 Å². The van der Waals surface area contributed by atoms with Crippen molar-refractivity contribution in [3.05, 3.63) is 0 Å². The summed E-state index contributed by atoms with van der Waals surface area (Å²) in [7, 11) is 0. The zero-order valence-electron chi connectivity index (χ0n) is 5.36. The van der Waals surface area contributed by atoms with Gasteiger partial charge in [-0.1, -0.05) is 0 Å². The predicted octanol–water partition coefficient (Wildman–Crippen LogP) is 1.61. The molecule has 0 rings (SSSR count). The third-order valence-corrected chi connectivity index (χ3v) is 0.914. The molecule has 64 valence electrons. The van der Waals surface area contributed by atoms with Crippen molar-refractivity contribution in [3.8, 4) is 0 Å². The number of hydrogen-bond donors (Lipinski definition) is 0. The number of aliphatic imine (C=N–C) groups is 1. The maximum atomic E-state index is 11.9. The summed E-state index contributed by atoms with van der Waals surface area (Å²) >= 11 is 0. The summed E-state index contributed by atoms with van der Waals surface area (Å²) in [5.74, 6) is 0. The SMILES string of the molecule is O=C=NCCC(F)C(F)(F)F. The third kappa shape index (κ3) is 4.50. The Morgan fingerprint density at radius 1 is 1.45 bits per heavy atom. The zero-order valence-corrected chi connectivity index (χ0v) is 5.36. The van der Waals surface area contributed by atoms with Gasteiger partial charge in [0.15, 0.2) is 6.17 Å². The van der Waals surface area contributed by atoms with Crippen LogP contribution in [0.2, 0.25) is 0 Å². The lowest BCUT2D eigenvalue weighted by atomic mass is 10.3. The van der Waals surface area contributed by atoms with Crippen LogP contribution < -0.4 is 0 Å². The van der Waals surface area contributed by atoms with E-state index < -0.39 is 25.3 Å². The van der Waals surface area contributed by atoms with Gasteiger partial charge in [0.2, 0.25) is 6.08 Å². The summed E-state index contributed by atoms with van der Waals surface area (Å²) < 4.78 is 46.0. The molecule has 0 aromatic heterocycles. The number of rotatable bonds is 3. The highest BCUT2D eigenvalue weighted by Gasteiger charge is 2.39. The van der Waals surface area contributed by atoms with Crippen LogP contribution in [0.25, 0.3) is 0 Å². The van der Waals surface area contributed by atoms with Crippen molar-refractivity contribution in [1.82, 2.24) is 0 Å². The van der Waals surface area contributed by atoms with Gasteiger partial charge in [-0.05, 0) is 0 Å². The first-order valence-electron chi connectivity index (χ1n) is 2.73. The first-order valence-corrected chi connectivity index (χ1v) is 2.73. The highest BCUT2D eigenvalue weighted by atomic mass is 19.4. The standard InChI is InChI=1S/C5H5F4NO/c6-4(5(7,8)9)1-2-10-3-11/h4H,1-2H2. The van der Waals surface area contributed by atoms with Crippen LogP contribution in [0.4, 0.5) is 17.6 Å². The molecule has 0 fully saturated rings. The van der Waals surface area contributed by atoms with E-state index in [0.717, 1.165) is 6.08 Å². The van der Waals surface area contributed by atoms with Crippen molar-refractivity contribution >= 4 is 6.08 Å². The van der Waals surface area contributed by atoms with E-state index in [0.29, 0.717) is 0 Å². The van der Waals surface area contributed by atoms with Crippen molar-refractivity contribution in [3.63, 3.8) is 0 Å². The molecule has 0 aromatic rings. The van der Waals surface area contributed by atoms with E-state index in [1.807, 2.05) is 0 Å². The smallest absolute Gasteiger partial charge is 0.237 e. The minimum atomic E-state index is -4.85. The van der Waals surface area contributed by atoms with E-state index in [9.17, 15) is 22.4 Å². The molecule has 6 heteroatoms. The van der Waals surface area contributed by atoms with Gasteiger partial charge in [0.05, 0.1) is 6.54 Å². The maximum absolute atomic E-state index is 11.9. The molecule has 0 saturated carbocycles. The van der Waals surface area contributed by atoms with E-state index in [1.165, 1.54) is 0 Å². The van der Waals surface area contributed by atoms with Gasteiger partial charge >= 0.3 is 6.18 Å². The summed E-state index contributed by atoms with van der Waals surface area (Å²) in [6.07, 6.45) is -7.56. The Hall–Kier alpha value is -0.900. The average Bonchev–Trinajstić information content (AvgIpc) is 1.86. The van der Waals surface area contributed by atoms with Crippen LogP contribution in [0.5, 0.6) is 0 Å². The molecule has 0 heterocycles. The van der Waals surface area contributed by atoms with E-state index in [1.54, 1.807) is 0 Å². The van der Waals surface area contributed by atoms with Gasteiger partial charge in [-0.25, -0.2) is 14.2 Å². The lowest BCUT2D eigenvalue weighted by molar-refractivity contribution is -0.181. The molecule has 0 aromatic carbocycles. The lowest BCUT2D eigenvalue weighted by Gasteiger charge is -2.09. The molecule has 0 spiro atoms. The number of nitrogens with zero attached hydrogens (tertiary/aromatic N) is 1. The Bertz CT molecular complexity index is 160. The molecule has 2 nitrogen and oxygen atoms in total. The van der Waals surface area contributed by atoms with Crippen LogP contribution in [-0.4, -0.2) is 25.0 Å². The largest absolute Gasteiger partial charge is 0.419 e. The second-order valence-electron chi connectivity index (χ2n) is 1.77. The first kappa shape index (κ1) is 10.1. The quantitative estimate of drug-likeness (QED) is 0.360. The van der Waals surface area contributed by atoms with Gasteiger partial charge in [0, 0.05) is 6.42 Å². The van der Waals surface area contributed by atoms with E-state index >= 15 is 0 Å². The predicted molar refractivity (Wildman–Crippen MR) is 28.6 cm³/mol. The topological polar surface area (TPSA) is 29.4 Å². The molecular weight excluding hydrogens is 166 g/mol. The molecule has 0 aliphatic heterocycles. The van der Waals surface area contributed by atoms with Gasteiger partial charge < -0.3 is 0 Å². The molecule has 0 aliphatic carbocycles. The van der Waals surface area contributed by atoms with Crippen LogP contribution in [-0.2, 0) is 4.79 Å². The highest BCUT2D eigenvalue weighted by Crippen LogP contribution is 2.24. The summed E-state index contributed by atoms with van der Waals surface area (Å²) in [5.41, 5.74) is 0. The van der Waals surface area contributed by atoms with Gasteiger partial charge in [-0.3, -0.25) is 0 Å². The monoisotopic (exact) mass is 171 g/mol. The van der Waals surface area contributed by atoms with Gasteiger partial charge in [-0.15, -0.1) is 0 Å². The Kier molecular flexibility index (Phi) is 3.74. The molecule has 0 saturated heterocycles. The zero-order chi connectivity index (χ0) is 8.91. The fraction of sp³-hybridized carbons (Fsp3) is 0.800. The number of alkyl halides is 4. The average molecular weight is 171 g/mol. The second-order valence-corrected chi connectivity index (χ2v) is 1.77. The van der Waals surface area contributed by atoms with Crippen LogP contribution in [0, 0.1) is 0 Å². The number of halogens is 4. The fourth-order valence-corrected chi connectivity index (χ4v) is 0.387. The summed E-state index contributed by atoms with van der Waals surface area (Å²) in [6, 6.07) is 0. The molecule has 11 heavy (non-hydrogen) atoms. The summed E-state index contributed by atoms with van der Waals surface area (Å²) in [4.78, 5) is 12.1. The highest BCUT2D eigenvalue weighted by molar-refractivity contribution is 5.32. The number of isocyanates is 1. The summed E-state index contributed by atoms with van der Waals surface area (Å²) in [6.45, 7) is -0.482. The first-order chi connectivity index (χ1) is 4.98. The molecule has 1 unspecified atom stereocenters. The van der Waals surface area contributed by atoms with Gasteiger partial charge in [0.25, 0.3) is 0 Å². The molecule has 0 aliphatic rings. The lowest BCUT2D eigenvalue weighted by Crippen LogP contribution is -2.24. The Morgan fingerprint density at radius 2 is 2.00 bits per heavy atom. The number of carbonyl (C=O) groups excluding carboxylic acids is 1. The van der Waals surface area contributed by atoms with Crippen LogP contribution >= 0.6 is 0 Å². The van der Waals surface area contributed by atoms with Crippen LogP contribution in [0.1, 0.15) is 6.42 Å². The molecule has 0 amide bonds. The van der Waals surface area contributed by atoms with Crippen LogP contribution in [0.15, 0.2) is 4.99 Å². The Morgan fingerprint density at radius 3 is 2.36 bits per heavy atom. The van der Waals surface area contributed by atoms with Crippen molar-refractivity contribution in [2.45, 2.75) is 18.8 Å². The summed E-state index contributed by atoms with van der Waals surface area (Å²) in [5, 5.41) is 0. The van der Waals surface area contributed by atoms with Crippen molar-refractivity contribution in [2.75, 3.05) is 6.54 Å². The van der Waals surface area contributed by atoms with Crippen molar-refractivity contribution in [1.29, 1.82) is 0 Å². The van der Waals surface area contributed by atoms with E-state index in [4.69, 9.17) is 0 Å². The Labute approximate surface area is 59.9 Å². The normalized spacial score (nSPS) is 13.8. The molecule has 0 bridgehead atoms. The van der Waals surface area contributed by atoms with Crippen LogP contribution in [0.3, 0.4) is 0 Å². The maximum Gasteiger partial charge on any atom is 0.419 e. The Balaban J connectivity index is 3.69. The van der Waals surface area contributed by atoms with Crippen molar-refractivity contribution in [2.24, 2.45) is 4.99 Å². The molecular formula is C5H5F4NO. The van der Waals surface area contributed by atoms with E-state index in [-0.39, 0.29) is 0 Å².